The molecule has 2 N–H and O–H groups in total. The van der Waals surface area contributed by atoms with Gasteiger partial charge in [0.1, 0.15) is 0 Å². The van der Waals surface area contributed by atoms with E-state index in [-0.39, 0.29) is 0 Å². The van der Waals surface area contributed by atoms with Crippen LogP contribution in [0.3, 0.4) is 0 Å². The summed E-state index contributed by atoms with van der Waals surface area (Å²) in [6, 6.07) is 0.560. The predicted octanol–water partition coefficient (Wildman–Crippen LogP) is 1.31. The first-order valence-electron chi connectivity index (χ1n) is 4.54. The van der Waals surface area contributed by atoms with Gasteiger partial charge in [-0.25, -0.2) is 0 Å². The van der Waals surface area contributed by atoms with Crippen molar-refractivity contribution in [1.82, 2.24) is 9.78 Å². The van der Waals surface area contributed by atoms with Gasteiger partial charge in [-0.1, -0.05) is 0 Å². The van der Waals surface area contributed by atoms with Gasteiger partial charge in [0.25, 0.3) is 0 Å². The van der Waals surface area contributed by atoms with E-state index >= 15 is 0 Å². The molecule has 0 aromatic carbocycles. The summed E-state index contributed by atoms with van der Waals surface area (Å²) < 4.78 is 2.04. The summed E-state index contributed by atoms with van der Waals surface area (Å²) in [7, 11) is 0. The van der Waals surface area contributed by atoms with Crippen LogP contribution >= 0.6 is 0 Å². The normalized spacial score (nSPS) is 19.5. The number of nitrogens with zero attached hydrogens (tertiary/aromatic N) is 2. The molecule has 1 heterocycles. The van der Waals surface area contributed by atoms with Gasteiger partial charge in [-0.15, -0.1) is 0 Å². The first kappa shape index (κ1) is 7.80. The van der Waals surface area contributed by atoms with Gasteiger partial charge in [0.15, 0.2) is 0 Å². The molecule has 1 fully saturated rings. The van der Waals surface area contributed by atoms with E-state index < -0.39 is 0 Å². The SMILES string of the molecule is CC(C1CC1)n1cc(CN)cn1. The first-order chi connectivity index (χ1) is 5.81. The van der Waals surface area contributed by atoms with Crippen LogP contribution in [0.4, 0.5) is 0 Å². The van der Waals surface area contributed by atoms with E-state index in [0.29, 0.717) is 12.6 Å². The molecule has 1 aromatic rings. The first-order valence-corrected chi connectivity index (χ1v) is 4.54. The van der Waals surface area contributed by atoms with E-state index in [9.17, 15) is 0 Å². The summed E-state index contributed by atoms with van der Waals surface area (Å²) in [5.74, 6) is 0.857. The van der Waals surface area contributed by atoms with E-state index in [0.717, 1.165) is 11.5 Å². The lowest BCUT2D eigenvalue weighted by Gasteiger charge is -2.09. The van der Waals surface area contributed by atoms with Crippen molar-refractivity contribution in [3.8, 4) is 0 Å². The Hall–Kier alpha value is -0.830. The van der Waals surface area contributed by atoms with Gasteiger partial charge < -0.3 is 5.73 Å². The molecule has 3 heteroatoms. The zero-order chi connectivity index (χ0) is 8.55. The van der Waals surface area contributed by atoms with Crippen LogP contribution in [0.15, 0.2) is 12.4 Å². The lowest BCUT2D eigenvalue weighted by Crippen LogP contribution is -2.07. The number of aromatic nitrogens is 2. The third-order valence-corrected chi connectivity index (χ3v) is 2.61. The zero-order valence-electron chi connectivity index (χ0n) is 7.40. The second kappa shape index (κ2) is 2.90. The number of hydrogen-bond donors (Lipinski definition) is 1. The van der Waals surface area contributed by atoms with Crippen LogP contribution in [0.2, 0.25) is 0 Å². The Morgan fingerprint density at radius 2 is 2.50 bits per heavy atom. The summed E-state index contributed by atoms with van der Waals surface area (Å²) in [6.07, 6.45) is 6.64. The van der Waals surface area contributed by atoms with Crippen LogP contribution in [0.1, 0.15) is 31.4 Å². The average molecular weight is 165 g/mol. The maximum atomic E-state index is 5.50. The summed E-state index contributed by atoms with van der Waals surface area (Å²) in [6.45, 7) is 2.82. The van der Waals surface area contributed by atoms with E-state index in [1.165, 1.54) is 12.8 Å². The average Bonchev–Trinajstić information content (AvgIpc) is 2.82. The van der Waals surface area contributed by atoms with Crippen LogP contribution in [-0.2, 0) is 6.54 Å². The van der Waals surface area contributed by atoms with Crippen molar-refractivity contribution in [3.63, 3.8) is 0 Å². The van der Waals surface area contributed by atoms with E-state index in [1.54, 1.807) is 0 Å². The predicted molar refractivity (Wildman–Crippen MR) is 47.6 cm³/mol. The fourth-order valence-corrected chi connectivity index (χ4v) is 1.50. The number of nitrogens with two attached hydrogens (primary N) is 1. The molecule has 1 saturated carbocycles. The van der Waals surface area contributed by atoms with Gasteiger partial charge >= 0.3 is 0 Å². The fourth-order valence-electron chi connectivity index (χ4n) is 1.50. The van der Waals surface area contributed by atoms with Crippen LogP contribution in [0.25, 0.3) is 0 Å². The minimum Gasteiger partial charge on any atom is -0.326 e. The summed E-state index contributed by atoms with van der Waals surface area (Å²) in [5, 5.41) is 4.28. The van der Waals surface area contributed by atoms with Crippen molar-refractivity contribution >= 4 is 0 Å². The highest BCUT2D eigenvalue weighted by Gasteiger charge is 2.29. The molecule has 0 aliphatic heterocycles. The third-order valence-electron chi connectivity index (χ3n) is 2.61. The summed E-state index contributed by atoms with van der Waals surface area (Å²) >= 11 is 0. The van der Waals surface area contributed by atoms with Crippen molar-refractivity contribution in [2.75, 3.05) is 0 Å². The lowest BCUT2D eigenvalue weighted by atomic mass is 10.2. The molecule has 3 nitrogen and oxygen atoms in total. The van der Waals surface area contributed by atoms with Crippen molar-refractivity contribution in [3.05, 3.63) is 18.0 Å². The molecule has 0 amide bonds. The monoisotopic (exact) mass is 165 g/mol. The molecule has 1 aliphatic carbocycles. The van der Waals surface area contributed by atoms with Gasteiger partial charge in [0, 0.05) is 18.3 Å². The van der Waals surface area contributed by atoms with Crippen LogP contribution < -0.4 is 5.73 Å². The Bertz CT molecular complexity index is 262. The maximum absolute atomic E-state index is 5.50. The van der Waals surface area contributed by atoms with Crippen LogP contribution in [-0.4, -0.2) is 9.78 Å². The largest absolute Gasteiger partial charge is 0.326 e. The Morgan fingerprint density at radius 1 is 1.75 bits per heavy atom. The molecule has 0 saturated heterocycles. The molecule has 2 rings (SSSR count). The van der Waals surface area contributed by atoms with Crippen molar-refractivity contribution < 1.29 is 0 Å². The molecular weight excluding hydrogens is 150 g/mol. The minimum atomic E-state index is 0.560. The maximum Gasteiger partial charge on any atom is 0.0534 e. The highest BCUT2D eigenvalue weighted by molar-refractivity contribution is 5.04. The Morgan fingerprint density at radius 3 is 3.00 bits per heavy atom. The van der Waals surface area contributed by atoms with E-state index in [4.69, 9.17) is 5.73 Å². The van der Waals surface area contributed by atoms with Crippen LogP contribution in [0.5, 0.6) is 0 Å². The van der Waals surface area contributed by atoms with Crippen molar-refractivity contribution in [2.45, 2.75) is 32.4 Å². The number of rotatable bonds is 3. The highest BCUT2D eigenvalue weighted by Crippen LogP contribution is 2.38. The lowest BCUT2D eigenvalue weighted by molar-refractivity contribution is 0.440. The Balaban J connectivity index is 2.10. The second-order valence-electron chi connectivity index (χ2n) is 3.61. The molecule has 1 aliphatic rings. The van der Waals surface area contributed by atoms with Gasteiger partial charge in [-0.3, -0.25) is 4.68 Å². The summed E-state index contributed by atoms with van der Waals surface area (Å²) in [5.41, 5.74) is 6.63. The third kappa shape index (κ3) is 1.37. The molecule has 1 unspecified atom stereocenters. The molecule has 0 spiro atoms. The van der Waals surface area contributed by atoms with Gasteiger partial charge in [0.2, 0.25) is 0 Å². The molecule has 12 heavy (non-hydrogen) atoms. The fraction of sp³-hybridized carbons (Fsp3) is 0.667. The van der Waals surface area contributed by atoms with Gasteiger partial charge in [-0.2, -0.15) is 5.10 Å². The molecule has 1 atom stereocenters. The summed E-state index contributed by atoms with van der Waals surface area (Å²) in [4.78, 5) is 0. The van der Waals surface area contributed by atoms with Gasteiger partial charge in [0.05, 0.1) is 12.2 Å². The minimum absolute atomic E-state index is 0.560. The Labute approximate surface area is 72.6 Å². The van der Waals surface area contributed by atoms with E-state index in [2.05, 4.69) is 18.2 Å². The number of hydrogen-bond acceptors (Lipinski definition) is 2. The second-order valence-corrected chi connectivity index (χ2v) is 3.61. The standard InChI is InChI=1S/C9H15N3/c1-7(9-2-3-9)12-6-8(4-10)5-11-12/h5-7,9H,2-4,10H2,1H3. The van der Waals surface area contributed by atoms with Gasteiger partial charge in [-0.05, 0) is 25.7 Å². The quantitative estimate of drug-likeness (QED) is 0.734. The molecule has 1 aromatic heterocycles. The van der Waals surface area contributed by atoms with E-state index in [1.807, 2.05) is 10.9 Å². The smallest absolute Gasteiger partial charge is 0.0534 e. The molecular formula is C9H15N3. The van der Waals surface area contributed by atoms with Crippen LogP contribution in [0, 0.1) is 5.92 Å². The molecule has 0 radical (unpaired) electrons. The molecule has 0 bridgehead atoms. The Kier molecular flexibility index (Phi) is 1.89. The highest BCUT2D eigenvalue weighted by atomic mass is 15.3. The van der Waals surface area contributed by atoms with Crippen molar-refractivity contribution in [1.29, 1.82) is 0 Å². The topological polar surface area (TPSA) is 43.8 Å². The molecule has 66 valence electrons. The zero-order valence-corrected chi connectivity index (χ0v) is 7.40. The van der Waals surface area contributed by atoms with Crippen molar-refractivity contribution in [2.24, 2.45) is 11.7 Å².